The summed E-state index contributed by atoms with van der Waals surface area (Å²) in [6.07, 6.45) is 3.53. The van der Waals surface area contributed by atoms with E-state index < -0.39 is 0 Å². The van der Waals surface area contributed by atoms with E-state index >= 15 is 0 Å². The van der Waals surface area contributed by atoms with E-state index in [0.29, 0.717) is 6.54 Å². The number of methoxy groups -OCH3 is 1. The number of rotatable bonds is 7. The smallest absolute Gasteiger partial charge is 0.263 e. The van der Waals surface area contributed by atoms with Crippen LogP contribution < -0.4 is 10.1 Å². The van der Waals surface area contributed by atoms with Gasteiger partial charge in [-0.15, -0.1) is 11.3 Å². The Hall–Kier alpha value is -1.92. The van der Waals surface area contributed by atoms with Crippen molar-refractivity contribution in [3.8, 4) is 5.75 Å². The fraction of sp³-hybridized carbons (Fsp3) is 0.474. The van der Waals surface area contributed by atoms with Crippen LogP contribution in [-0.2, 0) is 13.0 Å². The first-order valence-electron chi connectivity index (χ1n) is 8.75. The minimum atomic E-state index is -0.0433. The first-order chi connectivity index (χ1) is 12.2. The molecule has 0 aliphatic carbocycles. The number of hydrogen-bond acceptors (Lipinski definition) is 5. The molecule has 1 aliphatic rings. The normalized spacial score (nSPS) is 14.6. The lowest BCUT2D eigenvalue weighted by Gasteiger charge is -2.12. The second-order valence-electron chi connectivity index (χ2n) is 6.35. The van der Waals surface area contributed by atoms with Crippen LogP contribution in [0.15, 0.2) is 24.3 Å². The number of carbonyl (C=O) groups excluding carboxylic acids is 1. The summed E-state index contributed by atoms with van der Waals surface area (Å²) in [5, 5.41) is 4.04. The number of amides is 1. The quantitative estimate of drug-likeness (QED) is 0.826. The monoisotopic (exact) mass is 359 g/mol. The number of benzene rings is 1. The average molecular weight is 359 g/mol. The molecule has 0 radical (unpaired) electrons. The SMILES string of the molecule is COc1ccc(CNC(=O)c2sc(CCN3CCCC3)nc2C)cc1. The van der Waals surface area contributed by atoms with Gasteiger partial charge in [0.25, 0.3) is 5.91 Å². The second-order valence-corrected chi connectivity index (χ2v) is 7.44. The van der Waals surface area contributed by atoms with E-state index in [1.54, 1.807) is 7.11 Å². The molecule has 1 amide bonds. The number of aryl methyl sites for hydroxylation is 1. The van der Waals surface area contributed by atoms with Gasteiger partial charge in [-0.25, -0.2) is 4.98 Å². The van der Waals surface area contributed by atoms with E-state index in [1.165, 1.54) is 37.3 Å². The van der Waals surface area contributed by atoms with Crippen LogP contribution >= 0.6 is 11.3 Å². The molecular weight excluding hydrogens is 334 g/mol. The van der Waals surface area contributed by atoms with Crippen molar-refractivity contribution >= 4 is 17.2 Å². The maximum Gasteiger partial charge on any atom is 0.263 e. The molecule has 2 heterocycles. The van der Waals surface area contributed by atoms with Gasteiger partial charge in [-0.1, -0.05) is 12.1 Å². The van der Waals surface area contributed by atoms with Crippen LogP contribution in [-0.4, -0.2) is 42.5 Å². The molecule has 1 aliphatic heterocycles. The van der Waals surface area contributed by atoms with Gasteiger partial charge in [0.15, 0.2) is 0 Å². The Morgan fingerprint density at radius 3 is 2.68 bits per heavy atom. The number of aromatic nitrogens is 1. The molecule has 1 saturated heterocycles. The third kappa shape index (κ3) is 4.80. The topological polar surface area (TPSA) is 54.5 Å². The Bertz CT molecular complexity index is 706. The van der Waals surface area contributed by atoms with E-state index in [2.05, 4.69) is 15.2 Å². The molecular formula is C19H25N3O2S. The van der Waals surface area contributed by atoms with Crippen molar-refractivity contribution < 1.29 is 9.53 Å². The summed E-state index contributed by atoms with van der Waals surface area (Å²) >= 11 is 1.52. The Labute approximate surface area is 153 Å². The molecule has 25 heavy (non-hydrogen) atoms. The average Bonchev–Trinajstić information content (AvgIpc) is 3.27. The number of ether oxygens (including phenoxy) is 1. The first-order valence-corrected chi connectivity index (χ1v) is 9.57. The van der Waals surface area contributed by atoms with Crippen LogP contribution in [0.5, 0.6) is 5.75 Å². The van der Waals surface area contributed by atoms with Gasteiger partial charge in [-0.2, -0.15) is 0 Å². The third-order valence-corrected chi connectivity index (χ3v) is 5.72. The number of nitrogens with zero attached hydrogens (tertiary/aromatic N) is 2. The minimum absolute atomic E-state index is 0.0433. The molecule has 134 valence electrons. The lowest BCUT2D eigenvalue weighted by atomic mass is 10.2. The van der Waals surface area contributed by atoms with E-state index in [4.69, 9.17) is 4.74 Å². The highest BCUT2D eigenvalue weighted by atomic mass is 32.1. The van der Waals surface area contributed by atoms with E-state index in [9.17, 15) is 4.79 Å². The highest BCUT2D eigenvalue weighted by molar-refractivity contribution is 7.13. The highest BCUT2D eigenvalue weighted by Crippen LogP contribution is 2.20. The molecule has 3 rings (SSSR count). The molecule has 1 aromatic heterocycles. The summed E-state index contributed by atoms with van der Waals surface area (Å²) in [6.45, 7) is 5.85. The van der Waals surface area contributed by atoms with Gasteiger partial charge in [0.05, 0.1) is 17.8 Å². The molecule has 0 saturated carbocycles. The van der Waals surface area contributed by atoms with Crippen molar-refractivity contribution in [2.24, 2.45) is 0 Å². The first kappa shape index (κ1) is 17.9. The van der Waals surface area contributed by atoms with Crippen LogP contribution in [0.25, 0.3) is 0 Å². The number of hydrogen-bond donors (Lipinski definition) is 1. The Morgan fingerprint density at radius 1 is 1.28 bits per heavy atom. The zero-order valence-electron chi connectivity index (χ0n) is 14.9. The van der Waals surface area contributed by atoms with Crippen LogP contribution in [0.1, 0.15) is 38.8 Å². The van der Waals surface area contributed by atoms with E-state index in [0.717, 1.165) is 39.9 Å². The minimum Gasteiger partial charge on any atom is -0.497 e. The summed E-state index contributed by atoms with van der Waals surface area (Å²) in [5.74, 6) is 0.772. The summed E-state index contributed by atoms with van der Waals surface area (Å²) in [4.78, 5) is 20.2. The summed E-state index contributed by atoms with van der Waals surface area (Å²) in [7, 11) is 1.64. The Kier molecular flexibility index (Phi) is 6.04. The maximum atomic E-state index is 12.5. The van der Waals surface area contributed by atoms with Crippen LogP contribution in [0.2, 0.25) is 0 Å². The molecule has 2 aromatic rings. The number of thiazole rings is 1. The van der Waals surface area contributed by atoms with Crippen molar-refractivity contribution in [1.29, 1.82) is 0 Å². The largest absolute Gasteiger partial charge is 0.497 e. The third-order valence-electron chi connectivity index (χ3n) is 4.50. The molecule has 5 nitrogen and oxygen atoms in total. The summed E-state index contributed by atoms with van der Waals surface area (Å²) in [5.41, 5.74) is 1.87. The van der Waals surface area contributed by atoms with Crippen molar-refractivity contribution in [2.75, 3.05) is 26.7 Å². The maximum absolute atomic E-state index is 12.5. The molecule has 6 heteroatoms. The molecule has 1 fully saturated rings. The summed E-state index contributed by atoms with van der Waals surface area (Å²) < 4.78 is 5.14. The lowest BCUT2D eigenvalue weighted by molar-refractivity contribution is 0.0954. The van der Waals surface area contributed by atoms with Gasteiger partial charge in [0.2, 0.25) is 0 Å². The second kappa shape index (κ2) is 8.45. The van der Waals surface area contributed by atoms with Crippen LogP contribution in [0.4, 0.5) is 0 Å². The van der Waals surface area contributed by atoms with Gasteiger partial charge in [-0.3, -0.25) is 4.79 Å². The van der Waals surface area contributed by atoms with Gasteiger partial charge in [-0.05, 0) is 50.6 Å². The molecule has 0 unspecified atom stereocenters. The molecule has 1 N–H and O–H groups in total. The predicted octanol–water partition coefficient (Wildman–Crippen LogP) is 3.03. The fourth-order valence-electron chi connectivity index (χ4n) is 3.04. The van der Waals surface area contributed by atoms with Crippen LogP contribution in [0, 0.1) is 6.92 Å². The zero-order valence-corrected chi connectivity index (χ0v) is 15.7. The van der Waals surface area contributed by atoms with E-state index in [-0.39, 0.29) is 5.91 Å². The van der Waals surface area contributed by atoms with Crippen molar-refractivity contribution in [2.45, 2.75) is 32.7 Å². The van der Waals surface area contributed by atoms with Crippen molar-refractivity contribution in [1.82, 2.24) is 15.2 Å². The summed E-state index contributed by atoms with van der Waals surface area (Å²) in [6, 6.07) is 7.71. The Balaban J connectivity index is 1.53. The van der Waals surface area contributed by atoms with Gasteiger partial charge in [0.1, 0.15) is 10.6 Å². The fourth-order valence-corrected chi connectivity index (χ4v) is 4.01. The zero-order chi connectivity index (χ0) is 17.6. The van der Waals surface area contributed by atoms with Gasteiger partial charge < -0.3 is 15.0 Å². The number of nitrogens with one attached hydrogen (secondary N) is 1. The van der Waals surface area contributed by atoms with E-state index in [1.807, 2.05) is 31.2 Å². The van der Waals surface area contributed by atoms with Gasteiger partial charge >= 0.3 is 0 Å². The number of likely N-dealkylation sites (tertiary alicyclic amines) is 1. The lowest BCUT2D eigenvalue weighted by Crippen LogP contribution is -2.22. The highest BCUT2D eigenvalue weighted by Gasteiger charge is 2.17. The molecule has 0 atom stereocenters. The molecule has 0 bridgehead atoms. The van der Waals surface area contributed by atoms with Gasteiger partial charge in [0, 0.05) is 19.5 Å². The van der Waals surface area contributed by atoms with Crippen molar-refractivity contribution in [3.05, 3.63) is 45.4 Å². The number of carbonyl (C=O) groups is 1. The molecule has 0 spiro atoms. The van der Waals surface area contributed by atoms with Crippen molar-refractivity contribution in [3.63, 3.8) is 0 Å². The standard InChI is InChI=1S/C19H25N3O2S/c1-14-18(25-17(21-14)9-12-22-10-3-4-11-22)19(23)20-13-15-5-7-16(24-2)8-6-15/h5-8H,3-4,9-13H2,1-2H3,(H,20,23). The van der Waals surface area contributed by atoms with Crippen LogP contribution in [0.3, 0.4) is 0 Å². The Morgan fingerprint density at radius 2 is 2.00 bits per heavy atom. The molecule has 1 aromatic carbocycles. The predicted molar refractivity (Wildman–Crippen MR) is 100 cm³/mol.